The van der Waals surface area contributed by atoms with Crippen LogP contribution in [0.2, 0.25) is 0 Å². The summed E-state index contributed by atoms with van der Waals surface area (Å²) in [6.45, 7) is 1.01. The summed E-state index contributed by atoms with van der Waals surface area (Å²) in [4.78, 5) is 15.8. The lowest BCUT2D eigenvalue weighted by atomic mass is 10.0. The quantitative estimate of drug-likeness (QED) is 0.469. The fourth-order valence-electron chi connectivity index (χ4n) is 2.28. The lowest BCUT2D eigenvalue weighted by molar-refractivity contribution is -0.114. The maximum Gasteiger partial charge on any atom is 0.158 e. The zero-order chi connectivity index (χ0) is 13.5. The molecule has 0 unspecified atom stereocenters. The highest BCUT2D eigenvalue weighted by atomic mass is 16.2. The maximum atomic E-state index is 11.2. The molecule has 1 aromatic rings. The van der Waals surface area contributed by atoms with Gasteiger partial charge >= 0.3 is 0 Å². The first-order valence-corrected chi connectivity index (χ1v) is 6.86. The molecule has 0 aromatic carbocycles. The highest BCUT2D eigenvalue weighted by Gasteiger charge is 2.10. The van der Waals surface area contributed by atoms with Crippen molar-refractivity contribution in [3.63, 3.8) is 0 Å². The number of hydrogen-bond donors (Lipinski definition) is 2. The third kappa shape index (κ3) is 4.09. The molecule has 4 heteroatoms. The molecule has 0 fully saturated rings. The van der Waals surface area contributed by atoms with Gasteiger partial charge in [0.1, 0.15) is 5.82 Å². The summed E-state index contributed by atoms with van der Waals surface area (Å²) in [7, 11) is 0. The Labute approximate surface area is 113 Å². The molecule has 102 valence electrons. The molecule has 0 amide bonds. The number of aliphatic hydroxyl groups excluding tert-OH is 1. The summed E-state index contributed by atoms with van der Waals surface area (Å²) >= 11 is 0. The molecule has 2 N–H and O–H groups in total. The average molecular weight is 260 g/mol. The lowest BCUT2D eigenvalue weighted by Crippen LogP contribution is -2.14. The summed E-state index contributed by atoms with van der Waals surface area (Å²) in [6, 6.07) is 4.24. The SMILES string of the molecule is O=C(/C=C/O)CCCCc1ccc2c(n1)NCCC2. The zero-order valence-corrected chi connectivity index (χ0v) is 11.1. The van der Waals surface area contributed by atoms with Crippen molar-refractivity contribution in [2.24, 2.45) is 0 Å². The van der Waals surface area contributed by atoms with E-state index in [-0.39, 0.29) is 5.78 Å². The molecule has 4 nitrogen and oxygen atoms in total. The van der Waals surface area contributed by atoms with E-state index in [2.05, 4.69) is 22.4 Å². The summed E-state index contributed by atoms with van der Waals surface area (Å²) in [5.74, 6) is 1.01. The molecule has 2 heterocycles. The number of carbonyl (C=O) groups excluding carboxylic acids is 1. The Hall–Kier alpha value is -1.84. The van der Waals surface area contributed by atoms with Crippen LogP contribution in [0.5, 0.6) is 0 Å². The Kier molecular flexibility index (Phi) is 4.95. The van der Waals surface area contributed by atoms with Gasteiger partial charge in [0, 0.05) is 24.7 Å². The summed E-state index contributed by atoms with van der Waals surface area (Å²) < 4.78 is 0. The van der Waals surface area contributed by atoms with Gasteiger partial charge in [-0.05, 0) is 43.7 Å². The molecule has 2 rings (SSSR count). The number of rotatable bonds is 6. The number of carbonyl (C=O) groups is 1. The van der Waals surface area contributed by atoms with Crippen LogP contribution >= 0.6 is 0 Å². The maximum absolute atomic E-state index is 11.2. The van der Waals surface area contributed by atoms with E-state index >= 15 is 0 Å². The van der Waals surface area contributed by atoms with Crippen molar-refractivity contribution < 1.29 is 9.90 Å². The number of anilines is 1. The molecule has 0 aliphatic carbocycles. The van der Waals surface area contributed by atoms with Crippen molar-refractivity contribution in [1.29, 1.82) is 0 Å². The van der Waals surface area contributed by atoms with Crippen molar-refractivity contribution in [3.05, 3.63) is 35.7 Å². The van der Waals surface area contributed by atoms with Gasteiger partial charge < -0.3 is 10.4 Å². The summed E-state index contributed by atoms with van der Waals surface area (Å²) in [6.07, 6.45) is 7.45. The van der Waals surface area contributed by atoms with Gasteiger partial charge in [0.2, 0.25) is 0 Å². The molecular formula is C15H20N2O2. The van der Waals surface area contributed by atoms with E-state index in [0.29, 0.717) is 6.42 Å². The lowest BCUT2D eigenvalue weighted by Gasteiger charge is -2.17. The van der Waals surface area contributed by atoms with E-state index in [1.807, 2.05) is 0 Å². The Balaban J connectivity index is 1.78. The third-order valence-corrected chi connectivity index (χ3v) is 3.32. The first-order chi connectivity index (χ1) is 9.29. The second-order valence-electron chi connectivity index (χ2n) is 4.83. The van der Waals surface area contributed by atoms with Gasteiger partial charge in [-0.3, -0.25) is 4.79 Å². The van der Waals surface area contributed by atoms with Gasteiger partial charge in [-0.25, -0.2) is 4.98 Å². The first kappa shape index (κ1) is 13.6. The predicted molar refractivity (Wildman–Crippen MR) is 75.4 cm³/mol. The van der Waals surface area contributed by atoms with E-state index in [4.69, 9.17) is 5.11 Å². The van der Waals surface area contributed by atoms with Crippen LogP contribution in [0.3, 0.4) is 0 Å². The molecule has 0 spiro atoms. The van der Waals surface area contributed by atoms with Gasteiger partial charge in [0.05, 0.1) is 6.26 Å². The number of nitrogens with zero attached hydrogens (tertiary/aromatic N) is 1. The van der Waals surface area contributed by atoms with E-state index in [9.17, 15) is 4.79 Å². The van der Waals surface area contributed by atoms with Crippen LogP contribution in [0.4, 0.5) is 5.82 Å². The van der Waals surface area contributed by atoms with Crippen molar-refractivity contribution >= 4 is 11.6 Å². The van der Waals surface area contributed by atoms with E-state index < -0.39 is 0 Å². The van der Waals surface area contributed by atoms with Crippen molar-refractivity contribution in [2.75, 3.05) is 11.9 Å². The second kappa shape index (κ2) is 6.92. The largest absolute Gasteiger partial charge is 0.515 e. The molecule has 0 radical (unpaired) electrons. The van der Waals surface area contributed by atoms with Crippen LogP contribution in [0.25, 0.3) is 0 Å². The standard InChI is InChI=1S/C15H20N2O2/c18-11-9-14(19)6-2-1-5-13-8-7-12-4-3-10-16-15(12)17-13/h7-9,11,18H,1-6,10H2,(H,16,17)/b11-9+. The number of fused-ring (bicyclic) bond motifs is 1. The van der Waals surface area contributed by atoms with E-state index in [0.717, 1.165) is 50.0 Å². The van der Waals surface area contributed by atoms with Crippen LogP contribution in [0.1, 0.15) is 36.9 Å². The number of unbranched alkanes of at least 4 members (excludes halogenated alkanes) is 1. The number of pyridine rings is 1. The average Bonchev–Trinajstić information content (AvgIpc) is 2.44. The van der Waals surface area contributed by atoms with Gasteiger partial charge in [-0.15, -0.1) is 0 Å². The molecular weight excluding hydrogens is 240 g/mol. The minimum atomic E-state index is -0.0254. The minimum absolute atomic E-state index is 0.0254. The molecule has 19 heavy (non-hydrogen) atoms. The Morgan fingerprint density at radius 1 is 1.42 bits per heavy atom. The predicted octanol–water partition coefficient (Wildman–Crippen LogP) is 2.79. The number of aromatic nitrogens is 1. The van der Waals surface area contributed by atoms with Crippen LogP contribution < -0.4 is 5.32 Å². The number of hydrogen-bond acceptors (Lipinski definition) is 4. The van der Waals surface area contributed by atoms with Crippen LogP contribution in [-0.2, 0) is 17.6 Å². The smallest absolute Gasteiger partial charge is 0.158 e. The third-order valence-electron chi connectivity index (χ3n) is 3.32. The van der Waals surface area contributed by atoms with Crippen LogP contribution in [0.15, 0.2) is 24.5 Å². The van der Waals surface area contributed by atoms with Crippen molar-refractivity contribution in [1.82, 2.24) is 4.98 Å². The monoisotopic (exact) mass is 260 g/mol. The topological polar surface area (TPSA) is 62.2 Å². The fraction of sp³-hybridized carbons (Fsp3) is 0.467. The van der Waals surface area contributed by atoms with E-state index in [1.54, 1.807) is 0 Å². The van der Waals surface area contributed by atoms with Crippen LogP contribution in [-0.4, -0.2) is 22.4 Å². The first-order valence-electron chi connectivity index (χ1n) is 6.86. The molecule has 1 aromatic heterocycles. The number of nitrogens with one attached hydrogen (secondary N) is 1. The van der Waals surface area contributed by atoms with Crippen molar-refractivity contribution in [2.45, 2.75) is 38.5 Å². The number of aliphatic hydroxyl groups is 1. The number of ketones is 1. The molecule has 0 atom stereocenters. The molecule has 0 saturated carbocycles. The minimum Gasteiger partial charge on any atom is -0.515 e. The fourth-order valence-corrected chi connectivity index (χ4v) is 2.28. The molecule has 0 bridgehead atoms. The summed E-state index contributed by atoms with van der Waals surface area (Å²) in [5, 5.41) is 11.8. The van der Waals surface area contributed by atoms with E-state index in [1.165, 1.54) is 18.1 Å². The zero-order valence-electron chi connectivity index (χ0n) is 11.1. The molecule has 0 saturated heterocycles. The van der Waals surface area contributed by atoms with Gasteiger partial charge in [0.15, 0.2) is 5.78 Å². The van der Waals surface area contributed by atoms with Gasteiger partial charge in [0.25, 0.3) is 0 Å². The Morgan fingerprint density at radius 3 is 3.16 bits per heavy atom. The van der Waals surface area contributed by atoms with Crippen LogP contribution in [0, 0.1) is 0 Å². The molecule has 1 aliphatic heterocycles. The number of allylic oxidation sites excluding steroid dienone is 1. The second-order valence-corrected chi connectivity index (χ2v) is 4.83. The number of aryl methyl sites for hydroxylation is 2. The normalized spacial score (nSPS) is 14.1. The van der Waals surface area contributed by atoms with Gasteiger partial charge in [-0.1, -0.05) is 6.07 Å². The Bertz CT molecular complexity index is 469. The highest BCUT2D eigenvalue weighted by molar-refractivity contribution is 5.89. The summed E-state index contributed by atoms with van der Waals surface area (Å²) in [5.41, 5.74) is 2.39. The Morgan fingerprint density at radius 2 is 2.32 bits per heavy atom. The highest BCUT2D eigenvalue weighted by Crippen LogP contribution is 2.20. The molecule has 1 aliphatic rings. The van der Waals surface area contributed by atoms with Crippen molar-refractivity contribution in [3.8, 4) is 0 Å². The van der Waals surface area contributed by atoms with Gasteiger partial charge in [-0.2, -0.15) is 0 Å².